The monoisotopic (exact) mass is 448 g/mol. The minimum Gasteiger partial charge on any atom is -0.456 e. The third-order valence-electron chi connectivity index (χ3n) is 4.93. The molecule has 2 heterocycles. The predicted octanol–water partition coefficient (Wildman–Crippen LogP) is 3.78. The molecule has 0 atom stereocenters. The Labute approximate surface area is 188 Å². The number of esters is 1. The minimum absolute atomic E-state index is 0.00260. The molecule has 0 saturated carbocycles. The number of carbonyl (C=O) groups is 2. The van der Waals surface area contributed by atoms with Gasteiger partial charge in [0.1, 0.15) is 12.9 Å². The van der Waals surface area contributed by atoms with Crippen LogP contribution in [0.15, 0.2) is 54.2 Å². The van der Waals surface area contributed by atoms with Crippen LogP contribution in [-0.2, 0) is 16.1 Å². The van der Waals surface area contributed by atoms with Gasteiger partial charge >= 0.3 is 5.97 Å². The van der Waals surface area contributed by atoms with E-state index in [1.165, 1.54) is 29.3 Å². The smallest absolute Gasteiger partial charge is 0.338 e. The van der Waals surface area contributed by atoms with Gasteiger partial charge in [0.2, 0.25) is 5.91 Å². The fourth-order valence-corrected chi connectivity index (χ4v) is 3.97. The summed E-state index contributed by atoms with van der Waals surface area (Å²) in [5, 5.41) is 13.3. The van der Waals surface area contributed by atoms with Crippen LogP contribution in [0.25, 0.3) is 5.69 Å². The summed E-state index contributed by atoms with van der Waals surface area (Å²) in [5.41, 5.74) is 4.59. The number of carbonyl (C=O) groups excluding carboxylic acids is 2. The topological polar surface area (TPSA) is 103 Å². The SMILES string of the molecule is CC(=O)N(c1nc(COC(=O)c2ccc(-n3cnnn3)cc2)cs1)c1cccc(C)c1C. The molecule has 0 N–H and O–H groups in total. The van der Waals surface area contributed by atoms with E-state index in [0.717, 1.165) is 22.5 Å². The van der Waals surface area contributed by atoms with E-state index < -0.39 is 5.97 Å². The number of nitrogens with zero attached hydrogens (tertiary/aromatic N) is 6. The van der Waals surface area contributed by atoms with Crippen molar-refractivity contribution in [3.05, 3.63) is 76.6 Å². The fraction of sp³-hybridized carbons (Fsp3) is 0.182. The molecule has 0 radical (unpaired) electrons. The first-order valence-corrected chi connectivity index (χ1v) is 10.6. The number of rotatable bonds is 6. The average molecular weight is 449 g/mol. The Hall–Kier alpha value is -3.92. The van der Waals surface area contributed by atoms with Gasteiger partial charge in [-0.15, -0.1) is 16.4 Å². The van der Waals surface area contributed by atoms with Crippen molar-refractivity contribution in [2.24, 2.45) is 0 Å². The summed E-state index contributed by atoms with van der Waals surface area (Å²) in [5.74, 6) is -0.611. The number of thiazole rings is 1. The van der Waals surface area contributed by atoms with E-state index in [1.54, 1.807) is 34.5 Å². The molecule has 0 unspecified atom stereocenters. The van der Waals surface area contributed by atoms with Crippen molar-refractivity contribution in [3.63, 3.8) is 0 Å². The van der Waals surface area contributed by atoms with Crippen LogP contribution >= 0.6 is 11.3 Å². The number of benzene rings is 2. The molecule has 0 aliphatic heterocycles. The Morgan fingerprint density at radius 3 is 2.59 bits per heavy atom. The number of ether oxygens (including phenoxy) is 1. The molecule has 0 spiro atoms. The van der Waals surface area contributed by atoms with Crippen molar-refractivity contribution in [3.8, 4) is 5.69 Å². The molecule has 0 fully saturated rings. The maximum atomic E-state index is 12.4. The van der Waals surface area contributed by atoms with Crippen LogP contribution in [0.4, 0.5) is 10.8 Å². The molecule has 4 aromatic rings. The Morgan fingerprint density at radius 1 is 1.12 bits per heavy atom. The van der Waals surface area contributed by atoms with E-state index in [4.69, 9.17) is 4.74 Å². The second-order valence-electron chi connectivity index (χ2n) is 7.07. The van der Waals surface area contributed by atoms with Crippen molar-refractivity contribution >= 4 is 34.0 Å². The predicted molar refractivity (Wildman–Crippen MR) is 119 cm³/mol. The van der Waals surface area contributed by atoms with Gasteiger partial charge in [-0.1, -0.05) is 12.1 Å². The highest BCUT2D eigenvalue weighted by atomic mass is 32.1. The summed E-state index contributed by atoms with van der Waals surface area (Å²) < 4.78 is 6.89. The third kappa shape index (κ3) is 4.40. The first-order chi connectivity index (χ1) is 15.4. The number of anilines is 2. The van der Waals surface area contributed by atoms with Gasteiger partial charge in [-0.3, -0.25) is 9.69 Å². The Kier molecular flexibility index (Phi) is 6.04. The average Bonchev–Trinajstić information content (AvgIpc) is 3.48. The molecule has 2 aromatic heterocycles. The first kappa shape index (κ1) is 21.3. The lowest BCUT2D eigenvalue weighted by atomic mass is 10.1. The van der Waals surface area contributed by atoms with Crippen molar-refractivity contribution < 1.29 is 14.3 Å². The van der Waals surface area contributed by atoms with E-state index in [9.17, 15) is 9.59 Å². The Bertz CT molecular complexity index is 1250. The number of aromatic nitrogens is 5. The molecule has 0 bridgehead atoms. The molecule has 32 heavy (non-hydrogen) atoms. The first-order valence-electron chi connectivity index (χ1n) is 9.76. The van der Waals surface area contributed by atoms with E-state index in [-0.39, 0.29) is 12.5 Å². The third-order valence-corrected chi connectivity index (χ3v) is 5.81. The zero-order valence-corrected chi connectivity index (χ0v) is 18.5. The highest BCUT2D eigenvalue weighted by molar-refractivity contribution is 7.14. The van der Waals surface area contributed by atoms with Crippen molar-refractivity contribution in [2.75, 3.05) is 4.90 Å². The minimum atomic E-state index is -0.472. The molecular formula is C22H20N6O3S. The van der Waals surface area contributed by atoms with Crippen LogP contribution in [0, 0.1) is 13.8 Å². The molecule has 1 amide bonds. The van der Waals surface area contributed by atoms with Crippen LogP contribution < -0.4 is 4.90 Å². The van der Waals surface area contributed by atoms with Crippen molar-refractivity contribution in [1.82, 2.24) is 25.2 Å². The van der Waals surface area contributed by atoms with Gasteiger partial charge < -0.3 is 4.74 Å². The lowest BCUT2D eigenvalue weighted by Crippen LogP contribution is -2.23. The summed E-state index contributed by atoms with van der Waals surface area (Å²) in [4.78, 5) is 30.9. The van der Waals surface area contributed by atoms with Gasteiger partial charge in [0.05, 0.1) is 22.6 Å². The molecule has 0 aliphatic rings. The molecule has 4 rings (SSSR count). The van der Waals surface area contributed by atoms with Gasteiger partial charge in [-0.2, -0.15) is 0 Å². The summed E-state index contributed by atoms with van der Waals surface area (Å²) in [7, 11) is 0. The molecule has 10 heteroatoms. The lowest BCUT2D eigenvalue weighted by molar-refractivity contribution is -0.115. The van der Waals surface area contributed by atoms with Gasteiger partial charge in [0, 0.05) is 12.3 Å². The number of aryl methyl sites for hydroxylation is 1. The summed E-state index contributed by atoms with van der Waals surface area (Å²) in [6.45, 7) is 5.48. The number of hydrogen-bond acceptors (Lipinski definition) is 8. The molecule has 0 saturated heterocycles. The quantitative estimate of drug-likeness (QED) is 0.414. The van der Waals surface area contributed by atoms with Crippen LogP contribution in [0.2, 0.25) is 0 Å². The Morgan fingerprint density at radius 2 is 1.91 bits per heavy atom. The molecule has 9 nitrogen and oxygen atoms in total. The fourth-order valence-electron chi connectivity index (χ4n) is 3.10. The normalized spacial score (nSPS) is 10.7. The van der Waals surface area contributed by atoms with E-state index in [1.807, 2.05) is 32.0 Å². The van der Waals surface area contributed by atoms with Gasteiger partial charge in [-0.05, 0) is 65.7 Å². The number of tetrazole rings is 1. The second kappa shape index (κ2) is 9.06. The van der Waals surface area contributed by atoms with E-state index in [0.29, 0.717) is 16.4 Å². The maximum Gasteiger partial charge on any atom is 0.338 e. The summed E-state index contributed by atoms with van der Waals surface area (Å²) in [6.07, 6.45) is 1.47. The van der Waals surface area contributed by atoms with Crippen LogP contribution in [0.1, 0.15) is 34.1 Å². The molecule has 2 aromatic carbocycles. The van der Waals surface area contributed by atoms with E-state index in [2.05, 4.69) is 20.5 Å². The maximum absolute atomic E-state index is 12.4. The van der Waals surface area contributed by atoms with Crippen LogP contribution in [0.5, 0.6) is 0 Å². The van der Waals surface area contributed by atoms with Gasteiger partial charge in [0.15, 0.2) is 5.13 Å². The standard InChI is InChI=1S/C22H20N6O3S/c1-14-5-4-6-20(15(14)2)28(16(3)29)22-24-18(12-32-22)11-31-21(30)17-7-9-19(10-8-17)27-13-23-25-26-27/h4-10,12-13H,11H2,1-3H3. The Balaban J connectivity index is 1.45. The summed E-state index contributed by atoms with van der Waals surface area (Å²) >= 11 is 1.32. The zero-order chi connectivity index (χ0) is 22.7. The summed E-state index contributed by atoms with van der Waals surface area (Å²) in [6, 6.07) is 12.5. The van der Waals surface area contributed by atoms with Crippen molar-refractivity contribution in [1.29, 1.82) is 0 Å². The van der Waals surface area contributed by atoms with Crippen LogP contribution in [-0.4, -0.2) is 37.1 Å². The van der Waals surface area contributed by atoms with Crippen LogP contribution in [0.3, 0.4) is 0 Å². The lowest BCUT2D eigenvalue weighted by Gasteiger charge is -2.21. The molecule has 0 aliphatic carbocycles. The number of amides is 1. The molecular weight excluding hydrogens is 428 g/mol. The van der Waals surface area contributed by atoms with Gasteiger partial charge in [-0.25, -0.2) is 14.5 Å². The second-order valence-corrected chi connectivity index (χ2v) is 7.91. The zero-order valence-electron chi connectivity index (χ0n) is 17.7. The van der Waals surface area contributed by atoms with Crippen molar-refractivity contribution in [2.45, 2.75) is 27.4 Å². The molecule has 162 valence electrons. The largest absolute Gasteiger partial charge is 0.456 e. The number of hydrogen-bond donors (Lipinski definition) is 0. The highest BCUT2D eigenvalue weighted by Gasteiger charge is 2.20. The van der Waals surface area contributed by atoms with Gasteiger partial charge in [0.25, 0.3) is 0 Å². The highest BCUT2D eigenvalue weighted by Crippen LogP contribution is 2.32. The van der Waals surface area contributed by atoms with E-state index >= 15 is 0 Å².